The lowest BCUT2D eigenvalue weighted by molar-refractivity contribution is 0.0689. The van der Waals surface area contributed by atoms with Gasteiger partial charge < -0.3 is 5.11 Å². The third kappa shape index (κ3) is 1.13. The molecule has 0 aromatic carbocycles. The van der Waals surface area contributed by atoms with Gasteiger partial charge in [0.15, 0.2) is 16.5 Å². The summed E-state index contributed by atoms with van der Waals surface area (Å²) in [5.74, 6) is -0.770. The fourth-order valence-corrected chi connectivity index (χ4v) is 2.16. The van der Waals surface area contributed by atoms with Crippen molar-refractivity contribution in [1.29, 1.82) is 0 Å². The van der Waals surface area contributed by atoms with Gasteiger partial charge in [-0.2, -0.15) is 10.1 Å². The van der Waals surface area contributed by atoms with E-state index in [9.17, 15) is 4.79 Å². The molecule has 0 amide bonds. The van der Waals surface area contributed by atoms with E-state index in [0.717, 1.165) is 0 Å². The Morgan fingerprint density at radius 2 is 2.38 bits per heavy atom. The molecule has 0 saturated heterocycles. The number of fused-ring (bicyclic) bond motifs is 1. The Morgan fingerprint density at radius 1 is 1.50 bits per heavy atom. The molecule has 3 heterocycles. The number of carbonyl (C=O) groups is 1. The monoisotopic (exact) mass is 235 g/mol. The van der Waals surface area contributed by atoms with Crippen molar-refractivity contribution in [2.24, 2.45) is 0 Å². The van der Waals surface area contributed by atoms with Crippen molar-refractivity contribution in [2.75, 3.05) is 0 Å². The maximum absolute atomic E-state index is 11.2. The average molecular weight is 235 g/mol. The molecular weight excluding hydrogens is 230 g/mol. The number of aromatic nitrogens is 5. The zero-order valence-electron chi connectivity index (χ0n) is 7.81. The van der Waals surface area contributed by atoms with Gasteiger partial charge in [-0.15, -0.1) is 11.3 Å². The van der Waals surface area contributed by atoms with Crippen molar-refractivity contribution in [1.82, 2.24) is 24.1 Å². The van der Waals surface area contributed by atoms with E-state index >= 15 is 0 Å². The molecular formula is C8H5N5O2S. The SMILES string of the molecule is O=C(O)c1c(-n2cncn2)nc2sccn12. The van der Waals surface area contributed by atoms with Crippen LogP contribution < -0.4 is 0 Å². The van der Waals surface area contributed by atoms with Crippen molar-refractivity contribution in [3.05, 3.63) is 29.9 Å². The number of aromatic carboxylic acids is 1. The Hall–Kier alpha value is -2.22. The Bertz CT molecular complexity index is 653. The Balaban J connectivity index is 2.35. The quantitative estimate of drug-likeness (QED) is 0.705. The van der Waals surface area contributed by atoms with Crippen LogP contribution in [0.4, 0.5) is 0 Å². The second-order valence-electron chi connectivity index (χ2n) is 2.98. The van der Waals surface area contributed by atoms with Crippen LogP contribution in [-0.2, 0) is 0 Å². The third-order valence-electron chi connectivity index (χ3n) is 2.08. The van der Waals surface area contributed by atoms with E-state index in [1.807, 2.05) is 0 Å². The molecule has 0 aliphatic heterocycles. The van der Waals surface area contributed by atoms with E-state index in [1.165, 1.54) is 33.1 Å². The van der Waals surface area contributed by atoms with E-state index in [1.54, 1.807) is 11.6 Å². The minimum atomic E-state index is -1.05. The summed E-state index contributed by atoms with van der Waals surface area (Å²) in [6.07, 6.45) is 4.41. The summed E-state index contributed by atoms with van der Waals surface area (Å²) < 4.78 is 2.85. The summed E-state index contributed by atoms with van der Waals surface area (Å²) in [5.41, 5.74) is 0.0850. The minimum absolute atomic E-state index is 0.0850. The van der Waals surface area contributed by atoms with Gasteiger partial charge in [0.1, 0.15) is 12.7 Å². The van der Waals surface area contributed by atoms with Crippen molar-refractivity contribution in [3.63, 3.8) is 0 Å². The average Bonchev–Trinajstić information content (AvgIpc) is 2.92. The van der Waals surface area contributed by atoms with Crippen LogP contribution in [0.2, 0.25) is 0 Å². The molecule has 0 unspecified atom stereocenters. The number of carboxylic acids is 1. The summed E-state index contributed by atoms with van der Waals surface area (Å²) in [6, 6.07) is 0. The molecule has 3 rings (SSSR count). The first kappa shape index (κ1) is 9.04. The van der Waals surface area contributed by atoms with Crippen molar-refractivity contribution in [2.45, 2.75) is 0 Å². The number of nitrogens with zero attached hydrogens (tertiary/aromatic N) is 5. The number of rotatable bonds is 2. The molecule has 0 fully saturated rings. The van der Waals surface area contributed by atoms with Gasteiger partial charge in [0.2, 0.25) is 0 Å². The second-order valence-corrected chi connectivity index (χ2v) is 3.86. The summed E-state index contributed by atoms with van der Waals surface area (Å²) in [5, 5.41) is 14.8. The molecule has 0 spiro atoms. The number of carboxylic acid groups (broad SMARTS) is 1. The first-order valence-electron chi connectivity index (χ1n) is 4.31. The van der Waals surface area contributed by atoms with Crippen LogP contribution in [0.15, 0.2) is 24.2 Å². The molecule has 7 nitrogen and oxygen atoms in total. The summed E-state index contributed by atoms with van der Waals surface area (Å²) in [4.78, 5) is 19.8. The standard InChI is InChI=1S/C8H5N5O2S/c14-7(15)5-6(13-4-9-3-10-13)11-8-12(5)1-2-16-8/h1-4H,(H,14,15). The largest absolute Gasteiger partial charge is 0.476 e. The van der Waals surface area contributed by atoms with Crippen molar-refractivity contribution in [3.8, 4) is 5.82 Å². The maximum atomic E-state index is 11.2. The van der Waals surface area contributed by atoms with Crippen LogP contribution in [0.3, 0.4) is 0 Å². The van der Waals surface area contributed by atoms with Crippen molar-refractivity contribution < 1.29 is 9.90 Å². The predicted molar refractivity (Wildman–Crippen MR) is 54.9 cm³/mol. The van der Waals surface area contributed by atoms with Gasteiger partial charge in [-0.25, -0.2) is 14.5 Å². The van der Waals surface area contributed by atoms with E-state index in [4.69, 9.17) is 5.11 Å². The minimum Gasteiger partial charge on any atom is -0.476 e. The van der Waals surface area contributed by atoms with Gasteiger partial charge >= 0.3 is 5.97 Å². The number of thiazole rings is 1. The zero-order valence-corrected chi connectivity index (χ0v) is 8.63. The molecule has 0 bridgehead atoms. The van der Waals surface area contributed by atoms with Crippen LogP contribution in [0.1, 0.15) is 10.5 Å². The summed E-state index contributed by atoms with van der Waals surface area (Å²) >= 11 is 1.36. The van der Waals surface area contributed by atoms with Gasteiger partial charge in [0, 0.05) is 11.6 Å². The first-order chi connectivity index (χ1) is 7.77. The highest BCUT2D eigenvalue weighted by Gasteiger charge is 2.20. The summed E-state index contributed by atoms with van der Waals surface area (Å²) in [7, 11) is 0. The van der Waals surface area contributed by atoms with E-state index in [-0.39, 0.29) is 11.5 Å². The number of hydrogen-bond donors (Lipinski definition) is 1. The number of imidazole rings is 1. The molecule has 0 atom stereocenters. The molecule has 16 heavy (non-hydrogen) atoms. The lowest BCUT2D eigenvalue weighted by Crippen LogP contribution is -2.07. The van der Waals surface area contributed by atoms with E-state index < -0.39 is 5.97 Å². The predicted octanol–water partition coefficient (Wildman–Crippen LogP) is 0.675. The van der Waals surface area contributed by atoms with Crippen LogP contribution >= 0.6 is 11.3 Å². The third-order valence-corrected chi connectivity index (χ3v) is 2.84. The van der Waals surface area contributed by atoms with Gasteiger partial charge in [-0.05, 0) is 0 Å². The van der Waals surface area contributed by atoms with Gasteiger partial charge in [-0.1, -0.05) is 0 Å². The highest BCUT2D eigenvalue weighted by molar-refractivity contribution is 7.15. The lowest BCUT2D eigenvalue weighted by atomic mass is 10.4. The molecule has 0 saturated carbocycles. The maximum Gasteiger partial charge on any atom is 0.356 e. The lowest BCUT2D eigenvalue weighted by Gasteiger charge is -1.97. The molecule has 8 heteroatoms. The molecule has 0 radical (unpaired) electrons. The van der Waals surface area contributed by atoms with Gasteiger partial charge in [-0.3, -0.25) is 4.40 Å². The van der Waals surface area contributed by atoms with Crippen LogP contribution in [-0.4, -0.2) is 35.2 Å². The first-order valence-corrected chi connectivity index (χ1v) is 5.19. The van der Waals surface area contributed by atoms with Crippen LogP contribution in [0.25, 0.3) is 10.8 Å². The fraction of sp³-hybridized carbons (Fsp3) is 0. The summed E-state index contributed by atoms with van der Waals surface area (Å²) in [6.45, 7) is 0. The van der Waals surface area contributed by atoms with Gasteiger partial charge in [0.05, 0.1) is 0 Å². The molecule has 3 aromatic rings. The molecule has 0 aliphatic carbocycles. The van der Waals surface area contributed by atoms with Crippen LogP contribution in [0, 0.1) is 0 Å². The second kappa shape index (κ2) is 3.14. The van der Waals surface area contributed by atoms with E-state index in [2.05, 4.69) is 15.1 Å². The highest BCUT2D eigenvalue weighted by atomic mass is 32.1. The molecule has 3 aromatic heterocycles. The van der Waals surface area contributed by atoms with Gasteiger partial charge in [0.25, 0.3) is 0 Å². The number of hydrogen-bond acceptors (Lipinski definition) is 5. The smallest absolute Gasteiger partial charge is 0.356 e. The Kier molecular flexibility index (Phi) is 1.77. The molecule has 80 valence electrons. The van der Waals surface area contributed by atoms with Crippen LogP contribution in [0.5, 0.6) is 0 Å². The van der Waals surface area contributed by atoms with E-state index in [0.29, 0.717) is 4.96 Å². The Labute approximate surface area is 92.6 Å². The normalized spacial score (nSPS) is 11.0. The highest BCUT2D eigenvalue weighted by Crippen LogP contribution is 2.19. The fourth-order valence-electron chi connectivity index (χ4n) is 1.45. The molecule has 1 N–H and O–H groups in total. The molecule has 0 aliphatic rings. The van der Waals surface area contributed by atoms with Crippen molar-refractivity contribution >= 4 is 22.3 Å². The topological polar surface area (TPSA) is 85.3 Å². The zero-order chi connectivity index (χ0) is 11.1. The Morgan fingerprint density at radius 3 is 3.06 bits per heavy atom.